The zero-order chi connectivity index (χ0) is 17.5. The van der Waals surface area contributed by atoms with Crippen LogP contribution in [0.1, 0.15) is 11.1 Å². The first kappa shape index (κ1) is 18.8. The van der Waals surface area contributed by atoms with Gasteiger partial charge in [-0.3, -0.25) is 0 Å². The van der Waals surface area contributed by atoms with E-state index in [1.807, 2.05) is 60.7 Å². The summed E-state index contributed by atoms with van der Waals surface area (Å²) in [5, 5.41) is 10.4. The Morgan fingerprint density at radius 2 is 1.40 bits per heavy atom. The minimum Gasteiger partial charge on any atom is -0.388 e. The van der Waals surface area contributed by atoms with E-state index in [2.05, 4.69) is 22.6 Å². The number of benzene rings is 2. The highest BCUT2D eigenvalue weighted by Gasteiger charge is 2.41. The van der Waals surface area contributed by atoms with Crippen LogP contribution in [0.4, 0.5) is 0 Å². The Hall–Kier alpha value is -0.990. The van der Waals surface area contributed by atoms with Crippen LogP contribution in [-0.4, -0.2) is 40.6 Å². The molecule has 4 nitrogen and oxygen atoms in total. The number of halogens is 1. The van der Waals surface area contributed by atoms with Gasteiger partial charge in [-0.1, -0.05) is 83.3 Å². The molecule has 1 aliphatic rings. The number of hydrogen-bond donors (Lipinski definition) is 1. The average molecular weight is 454 g/mol. The van der Waals surface area contributed by atoms with Gasteiger partial charge >= 0.3 is 0 Å². The van der Waals surface area contributed by atoms with E-state index < -0.39 is 12.2 Å². The van der Waals surface area contributed by atoms with Gasteiger partial charge in [0.15, 0.2) is 0 Å². The molecule has 0 aromatic heterocycles. The molecule has 0 amide bonds. The number of aliphatic hydroxyl groups is 1. The molecule has 4 atom stereocenters. The second-order valence-electron chi connectivity index (χ2n) is 6.12. The van der Waals surface area contributed by atoms with Crippen molar-refractivity contribution in [2.45, 2.75) is 37.6 Å². The molecule has 5 heteroatoms. The Labute approximate surface area is 162 Å². The number of rotatable bonds is 7. The standard InChI is InChI=1S/C20H23IO4/c21-11-18-20(25-13-16-9-5-2-6-10-16)19(17(22)14-23-18)24-12-15-7-3-1-4-8-15/h1-10,17-20,22H,11-14H2/t17-,18?,19+,20-/m0/s1. The Morgan fingerprint density at radius 1 is 0.880 bits per heavy atom. The van der Waals surface area contributed by atoms with Crippen molar-refractivity contribution in [2.24, 2.45) is 0 Å². The van der Waals surface area contributed by atoms with Crippen molar-refractivity contribution in [3.63, 3.8) is 0 Å². The second-order valence-corrected chi connectivity index (χ2v) is 7.00. The molecular formula is C20H23IO4. The molecule has 1 heterocycles. The van der Waals surface area contributed by atoms with Crippen molar-refractivity contribution < 1.29 is 19.3 Å². The van der Waals surface area contributed by atoms with Crippen LogP contribution in [0.25, 0.3) is 0 Å². The Morgan fingerprint density at radius 3 is 1.92 bits per heavy atom. The predicted octanol–water partition coefficient (Wildman–Crippen LogP) is 3.35. The maximum Gasteiger partial charge on any atom is 0.115 e. The van der Waals surface area contributed by atoms with E-state index in [1.54, 1.807) is 0 Å². The van der Waals surface area contributed by atoms with Crippen LogP contribution in [-0.2, 0) is 27.4 Å². The highest BCUT2D eigenvalue weighted by molar-refractivity contribution is 14.1. The normalized spacial score (nSPS) is 26.5. The number of hydrogen-bond acceptors (Lipinski definition) is 4. The molecular weight excluding hydrogens is 431 g/mol. The molecule has 1 aliphatic heterocycles. The van der Waals surface area contributed by atoms with Gasteiger partial charge in [0, 0.05) is 4.43 Å². The van der Waals surface area contributed by atoms with Crippen LogP contribution in [0.15, 0.2) is 60.7 Å². The monoisotopic (exact) mass is 454 g/mol. The molecule has 1 saturated heterocycles. The molecule has 0 spiro atoms. The quantitative estimate of drug-likeness (QED) is 0.515. The predicted molar refractivity (Wildman–Crippen MR) is 105 cm³/mol. The third-order valence-corrected chi connectivity index (χ3v) is 5.14. The molecule has 2 aromatic carbocycles. The van der Waals surface area contributed by atoms with Crippen LogP contribution in [0.3, 0.4) is 0 Å². The molecule has 3 rings (SSSR count). The summed E-state index contributed by atoms with van der Waals surface area (Å²) in [7, 11) is 0. The van der Waals surface area contributed by atoms with Gasteiger partial charge in [-0.2, -0.15) is 0 Å². The summed E-state index contributed by atoms with van der Waals surface area (Å²) in [5.74, 6) is 0. The first-order valence-corrected chi connectivity index (χ1v) is 9.97. The third kappa shape index (κ3) is 5.24. The smallest absolute Gasteiger partial charge is 0.115 e. The van der Waals surface area contributed by atoms with E-state index in [-0.39, 0.29) is 18.8 Å². The molecule has 2 aromatic rings. The molecule has 0 aliphatic carbocycles. The highest BCUT2D eigenvalue weighted by Crippen LogP contribution is 2.25. The molecule has 1 fully saturated rings. The van der Waals surface area contributed by atoms with E-state index in [9.17, 15) is 5.11 Å². The van der Waals surface area contributed by atoms with Crippen LogP contribution in [0.5, 0.6) is 0 Å². The van der Waals surface area contributed by atoms with Gasteiger partial charge in [-0.15, -0.1) is 0 Å². The summed E-state index contributed by atoms with van der Waals surface area (Å²) in [6, 6.07) is 20.0. The number of ether oxygens (including phenoxy) is 3. The maximum atomic E-state index is 10.4. The van der Waals surface area contributed by atoms with E-state index in [0.29, 0.717) is 13.2 Å². The van der Waals surface area contributed by atoms with Crippen molar-refractivity contribution in [3.05, 3.63) is 71.8 Å². The average Bonchev–Trinajstić information content (AvgIpc) is 2.67. The van der Waals surface area contributed by atoms with Gasteiger partial charge in [0.05, 0.1) is 25.9 Å². The first-order chi connectivity index (χ1) is 12.3. The van der Waals surface area contributed by atoms with E-state index >= 15 is 0 Å². The van der Waals surface area contributed by atoms with Crippen molar-refractivity contribution in [1.29, 1.82) is 0 Å². The summed E-state index contributed by atoms with van der Waals surface area (Å²) < 4.78 is 18.7. The summed E-state index contributed by atoms with van der Waals surface area (Å²) in [6.07, 6.45) is -1.49. The lowest BCUT2D eigenvalue weighted by Gasteiger charge is -2.40. The Balaban J connectivity index is 1.67. The Kier molecular flexibility index (Phi) is 7.24. The minimum absolute atomic E-state index is 0.0894. The van der Waals surface area contributed by atoms with Crippen LogP contribution < -0.4 is 0 Å². The molecule has 0 radical (unpaired) electrons. The fraction of sp³-hybridized carbons (Fsp3) is 0.400. The molecule has 0 saturated carbocycles. The van der Waals surface area contributed by atoms with Gasteiger partial charge in [-0.05, 0) is 11.1 Å². The van der Waals surface area contributed by atoms with Gasteiger partial charge in [-0.25, -0.2) is 0 Å². The summed E-state index contributed by atoms with van der Waals surface area (Å²) in [4.78, 5) is 0. The number of aliphatic hydroxyl groups excluding tert-OH is 1. The van der Waals surface area contributed by atoms with Gasteiger partial charge in [0.1, 0.15) is 18.3 Å². The maximum absolute atomic E-state index is 10.4. The van der Waals surface area contributed by atoms with Crippen LogP contribution in [0.2, 0.25) is 0 Å². The molecule has 1 N–H and O–H groups in total. The molecule has 134 valence electrons. The largest absolute Gasteiger partial charge is 0.388 e. The lowest BCUT2D eigenvalue weighted by Crippen LogP contribution is -2.55. The van der Waals surface area contributed by atoms with Gasteiger partial charge in [0.2, 0.25) is 0 Å². The number of alkyl halides is 1. The van der Waals surface area contributed by atoms with E-state index in [1.165, 1.54) is 0 Å². The van der Waals surface area contributed by atoms with E-state index in [0.717, 1.165) is 15.6 Å². The fourth-order valence-electron chi connectivity index (χ4n) is 2.92. The summed E-state index contributed by atoms with van der Waals surface area (Å²) in [6.45, 7) is 1.19. The zero-order valence-corrected chi connectivity index (χ0v) is 16.1. The van der Waals surface area contributed by atoms with Crippen molar-refractivity contribution in [3.8, 4) is 0 Å². The summed E-state index contributed by atoms with van der Waals surface area (Å²) >= 11 is 2.29. The van der Waals surface area contributed by atoms with E-state index in [4.69, 9.17) is 14.2 Å². The van der Waals surface area contributed by atoms with Gasteiger partial charge < -0.3 is 19.3 Å². The molecule has 0 bridgehead atoms. The topological polar surface area (TPSA) is 47.9 Å². The first-order valence-electron chi connectivity index (χ1n) is 8.44. The Bertz CT molecular complexity index is 622. The van der Waals surface area contributed by atoms with Crippen LogP contribution in [0, 0.1) is 0 Å². The SMILES string of the molecule is O[C@H]1COC(CI)[C@H](OCc2ccccc2)[C@@H]1OCc1ccccc1. The van der Waals surface area contributed by atoms with Crippen LogP contribution >= 0.6 is 22.6 Å². The third-order valence-electron chi connectivity index (χ3n) is 4.27. The second kappa shape index (κ2) is 9.64. The van der Waals surface area contributed by atoms with Crippen molar-refractivity contribution >= 4 is 22.6 Å². The molecule has 25 heavy (non-hydrogen) atoms. The summed E-state index contributed by atoms with van der Waals surface area (Å²) in [5.41, 5.74) is 2.17. The highest BCUT2D eigenvalue weighted by atomic mass is 127. The fourth-order valence-corrected chi connectivity index (χ4v) is 3.67. The van der Waals surface area contributed by atoms with Crippen molar-refractivity contribution in [1.82, 2.24) is 0 Å². The zero-order valence-electron chi connectivity index (χ0n) is 14.0. The lowest BCUT2D eigenvalue weighted by atomic mass is 10.0. The molecule has 1 unspecified atom stereocenters. The van der Waals surface area contributed by atoms with Crippen molar-refractivity contribution in [2.75, 3.05) is 11.0 Å². The minimum atomic E-state index is -0.691. The lowest BCUT2D eigenvalue weighted by molar-refractivity contribution is -0.219. The van der Waals surface area contributed by atoms with Gasteiger partial charge in [0.25, 0.3) is 0 Å².